The van der Waals surface area contributed by atoms with Crippen LogP contribution in [0, 0.1) is 0 Å². The second kappa shape index (κ2) is 2.82. The number of hydrogen-bond acceptors (Lipinski definition) is 3. The first-order valence-corrected chi connectivity index (χ1v) is 7.32. The summed E-state index contributed by atoms with van der Waals surface area (Å²) in [6.07, 6.45) is 0. The molecule has 3 heteroatoms. The molecule has 1 aromatic carbocycles. The van der Waals surface area contributed by atoms with Crippen LogP contribution in [-0.2, 0) is 0 Å². The van der Waals surface area contributed by atoms with Gasteiger partial charge in [0.2, 0.25) is 0 Å². The van der Waals surface area contributed by atoms with E-state index in [4.69, 9.17) is 0 Å². The second-order valence-corrected chi connectivity index (χ2v) is 6.24. The Morgan fingerprint density at radius 2 is 1.00 bits per heavy atom. The third-order valence-corrected chi connectivity index (χ3v) is 5.68. The maximum absolute atomic E-state index is 2.25. The highest BCUT2D eigenvalue weighted by atomic mass is 32.1. The molecule has 0 unspecified atom stereocenters. The molecule has 3 aromatic heterocycles. The minimum Gasteiger partial charge on any atom is -0.143 e. The largest absolute Gasteiger partial charge is 0.143 e. The smallest absolute Gasteiger partial charge is 0.0535 e. The Kier molecular flexibility index (Phi) is 1.55. The first kappa shape index (κ1) is 8.28. The number of benzene rings is 1. The lowest BCUT2D eigenvalue weighted by Crippen LogP contribution is -1.67. The van der Waals surface area contributed by atoms with Crippen LogP contribution in [0.15, 0.2) is 34.3 Å². The second-order valence-electron chi connectivity index (χ2n) is 3.49. The third-order valence-electron chi connectivity index (χ3n) is 2.74. The summed E-state index contributed by atoms with van der Waals surface area (Å²) in [5.41, 5.74) is 0. The zero-order valence-corrected chi connectivity index (χ0v) is 10.1. The summed E-state index contributed by atoms with van der Waals surface area (Å²) in [5.74, 6) is 0. The van der Waals surface area contributed by atoms with E-state index in [1.807, 2.05) is 34.0 Å². The van der Waals surface area contributed by atoms with Gasteiger partial charge in [-0.1, -0.05) is 0 Å². The van der Waals surface area contributed by atoms with Crippen LogP contribution >= 0.6 is 34.0 Å². The Bertz CT molecular complexity index is 575. The van der Waals surface area contributed by atoms with Gasteiger partial charge in [0.25, 0.3) is 0 Å². The third kappa shape index (κ3) is 0.956. The van der Waals surface area contributed by atoms with Gasteiger partial charge in [0.05, 0.1) is 9.40 Å². The van der Waals surface area contributed by atoms with Gasteiger partial charge in [-0.05, 0) is 34.3 Å². The molecule has 0 spiro atoms. The molecule has 4 aromatic rings. The van der Waals surface area contributed by atoms with Crippen LogP contribution in [0.25, 0.3) is 30.3 Å². The molecular weight excluding hydrogens is 240 g/mol. The van der Waals surface area contributed by atoms with Crippen LogP contribution in [-0.4, -0.2) is 0 Å². The highest BCUT2D eigenvalue weighted by molar-refractivity contribution is 7.27. The van der Waals surface area contributed by atoms with Crippen LogP contribution in [0.4, 0.5) is 0 Å². The van der Waals surface area contributed by atoms with Crippen molar-refractivity contribution in [2.45, 2.75) is 0 Å². The van der Waals surface area contributed by atoms with E-state index in [1.165, 1.54) is 30.3 Å². The van der Waals surface area contributed by atoms with Crippen LogP contribution in [0.2, 0.25) is 0 Å². The zero-order valence-electron chi connectivity index (χ0n) is 7.69. The van der Waals surface area contributed by atoms with Crippen LogP contribution in [0.1, 0.15) is 0 Å². The lowest BCUT2D eigenvalue weighted by molar-refractivity contribution is 2.11. The van der Waals surface area contributed by atoms with Gasteiger partial charge >= 0.3 is 0 Å². The fraction of sp³-hybridized carbons (Fsp3) is 0. The van der Waals surface area contributed by atoms with Crippen LogP contribution in [0.3, 0.4) is 0 Å². The van der Waals surface area contributed by atoms with Crippen molar-refractivity contribution in [2.75, 3.05) is 0 Å². The Hall–Kier alpha value is -0.900. The predicted octanol–water partition coefficient (Wildman–Crippen LogP) is 5.33. The monoisotopic (exact) mass is 246 g/mol. The number of thiophene rings is 3. The predicted molar refractivity (Wildman–Crippen MR) is 72.6 cm³/mol. The van der Waals surface area contributed by atoms with E-state index >= 15 is 0 Å². The molecule has 0 radical (unpaired) electrons. The van der Waals surface area contributed by atoms with Gasteiger partial charge in [-0.2, -0.15) is 0 Å². The molecule has 4 rings (SSSR count). The Labute approximate surface area is 98.4 Å². The van der Waals surface area contributed by atoms with Crippen molar-refractivity contribution in [1.82, 2.24) is 0 Å². The van der Waals surface area contributed by atoms with Crippen LogP contribution < -0.4 is 0 Å². The molecule has 0 N–H and O–H groups in total. The average molecular weight is 246 g/mol. The van der Waals surface area contributed by atoms with Crippen molar-refractivity contribution < 1.29 is 0 Å². The molecule has 15 heavy (non-hydrogen) atoms. The zero-order chi connectivity index (χ0) is 9.83. The van der Waals surface area contributed by atoms with Crippen molar-refractivity contribution in [1.29, 1.82) is 0 Å². The van der Waals surface area contributed by atoms with E-state index in [-0.39, 0.29) is 0 Å². The molecule has 0 aliphatic rings. The Morgan fingerprint density at radius 1 is 0.533 bits per heavy atom. The lowest BCUT2D eigenvalue weighted by atomic mass is 10.1. The van der Waals surface area contributed by atoms with Gasteiger partial charge in [-0.3, -0.25) is 0 Å². The highest BCUT2D eigenvalue weighted by Gasteiger charge is 2.10. The molecule has 0 fully saturated rings. The fourth-order valence-electron chi connectivity index (χ4n) is 2.09. The summed E-state index contributed by atoms with van der Waals surface area (Å²) in [6, 6.07) is 6.73. The van der Waals surface area contributed by atoms with Gasteiger partial charge < -0.3 is 0 Å². The minimum atomic E-state index is 1.42. The molecule has 0 nitrogen and oxygen atoms in total. The molecule has 72 valence electrons. The van der Waals surface area contributed by atoms with Gasteiger partial charge in [0.1, 0.15) is 0 Å². The number of hydrogen-bond donors (Lipinski definition) is 0. The topological polar surface area (TPSA) is 0 Å². The van der Waals surface area contributed by atoms with E-state index in [9.17, 15) is 0 Å². The van der Waals surface area contributed by atoms with Gasteiger partial charge in [0, 0.05) is 20.9 Å². The highest BCUT2D eigenvalue weighted by Crippen LogP contribution is 2.42. The molecule has 0 atom stereocenters. The van der Waals surface area contributed by atoms with Crippen molar-refractivity contribution in [3.05, 3.63) is 34.3 Å². The summed E-state index contributed by atoms with van der Waals surface area (Å²) in [7, 11) is 0. The normalized spacial score (nSPS) is 12.0. The summed E-state index contributed by atoms with van der Waals surface area (Å²) >= 11 is 5.56. The summed E-state index contributed by atoms with van der Waals surface area (Å²) < 4.78 is 4.35. The van der Waals surface area contributed by atoms with E-state index in [0.29, 0.717) is 0 Å². The van der Waals surface area contributed by atoms with Gasteiger partial charge in [-0.25, -0.2) is 0 Å². The maximum Gasteiger partial charge on any atom is 0.0535 e. The molecule has 0 bridgehead atoms. The SMILES string of the molecule is c1cc2c3ccsc3c3sccc3c2s1. The first-order valence-electron chi connectivity index (χ1n) is 4.69. The molecule has 0 saturated carbocycles. The van der Waals surface area contributed by atoms with E-state index in [1.54, 1.807) is 0 Å². The van der Waals surface area contributed by atoms with Gasteiger partial charge in [-0.15, -0.1) is 34.0 Å². The molecular formula is C12H6S3. The standard InChI is InChI=1S/C12H6S3/c1-4-13-10-7(1)8-2-5-14-11(8)12-9(10)3-6-15-12/h1-6H. The lowest BCUT2D eigenvalue weighted by Gasteiger charge is -1.96. The molecule has 0 aliphatic heterocycles. The Balaban J connectivity index is 2.56. The van der Waals surface area contributed by atoms with E-state index in [0.717, 1.165) is 0 Å². The summed E-state index contributed by atoms with van der Waals surface area (Å²) in [5, 5.41) is 10.9. The maximum atomic E-state index is 2.25. The molecule has 0 aliphatic carbocycles. The quantitative estimate of drug-likeness (QED) is 0.393. The summed E-state index contributed by atoms with van der Waals surface area (Å²) in [4.78, 5) is 0. The van der Waals surface area contributed by atoms with Crippen molar-refractivity contribution in [2.24, 2.45) is 0 Å². The molecule has 3 heterocycles. The minimum absolute atomic E-state index is 1.42. The van der Waals surface area contributed by atoms with Gasteiger partial charge in [0.15, 0.2) is 0 Å². The van der Waals surface area contributed by atoms with Crippen molar-refractivity contribution in [3.8, 4) is 0 Å². The molecule has 0 amide bonds. The number of fused-ring (bicyclic) bond motifs is 6. The van der Waals surface area contributed by atoms with Crippen molar-refractivity contribution >= 4 is 64.3 Å². The number of rotatable bonds is 0. The fourth-order valence-corrected chi connectivity index (χ4v) is 5.10. The first-order chi connectivity index (χ1) is 7.45. The average Bonchev–Trinajstić information content (AvgIpc) is 2.97. The van der Waals surface area contributed by atoms with E-state index < -0.39 is 0 Å². The molecule has 0 saturated heterocycles. The Morgan fingerprint density at radius 3 is 1.73 bits per heavy atom. The van der Waals surface area contributed by atoms with E-state index in [2.05, 4.69) is 34.3 Å². The van der Waals surface area contributed by atoms with Crippen molar-refractivity contribution in [3.63, 3.8) is 0 Å². The summed E-state index contributed by atoms with van der Waals surface area (Å²) in [6.45, 7) is 0. The van der Waals surface area contributed by atoms with Crippen LogP contribution in [0.5, 0.6) is 0 Å².